The van der Waals surface area contributed by atoms with E-state index < -0.39 is 11.8 Å². The number of halogens is 1. The maximum Gasteiger partial charge on any atom is 0.322 e. The highest BCUT2D eigenvalue weighted by molar-refractivity contribution is 7.09. The van der Waals surface area contributed by atoms with E-state index in [-0.39, 0.29) is 18.1 Å². The summed E-state index contributed by atoms with van der Waals surface area (Å²) in [6, 6.07) is 13.7. The summed E-state index contributed by atoms with van der Waals surface area (Å²) >= 11 is 1.32. The molecule has 1 N–H and O–H groups in total. The second-order valence-corrected chi connectivity index (χ2v) is 8.64. The third-order valence-electron chi connectivity index (χ3n) is 5.48. The van der Waals surface area contributed by atoms with Crippen LogP contribution in [0.4, 0.5) is 14.9 Å². The summed E-state index contributed by atoms with van der Waals surface area (Å²) in [5.74, 6) is -0.631. The van der Waals surface area contributed by atoms with Gasteiger partial charge in [0, 0.05) is 32.1 Å². The van der Waals surface area contributed by atoms with E-state index in [1.54, 1.807) is 29.5 Å². The Morgan fingerprint density at radius 3 is 2.73 bits per heavy atom. The fourth-order valence-electron chi connectivity index (χ4n) is 3.69. The van der Waals surface area contributed by atoms with Crippen LogP contribution in [-0.4, -0.2) is 53.5 Å². The number of carbonyl (C=O) groups is 2. The van der Waals surface area contributed by atoms with Gasteiger partial charge in [0.05, 0.1) is 18.8 Å². The first-order chi connectivity index (χ1) is 16.0. The summed E-state index contributed by atoms with van der Waals surface area (Å²) < 4.78 is 19.1. The van der Waals surface area contributed by atoms with Crippen LogP contribution in [0, 0.1) is 5.82 Å². The Morgan fingerprint density at radius 1 is 1.18 bits per heavy atom. The first-order valence-corrected chi connectivity index (χ1v) is 11.5. The summed E-state index contributed by atoms with van der Waals surface area (Å²) in [4.78, 5) is 33.6. The van der Waals surface area contributed by atoms with E-state index in [2.05, 4.69) is 16.4 Å². The molecule has 1 aliphatic heterocycles. The number of hydrogen-bond donors (Lipinski definition) is 1. The molecule has 0 unspecified atom stereocenters. The number of rotatable bonds is 7. The van der Waals surface area contributed by atoms with Crippen molar-refractivity contribution >= 4 is 29.0 Å². The minimum Gasteiger partial charge on any atom is -0.383 e. The van der Waals surface area contributed by atoms with Crippen LogP contribution in [0.25, 0.3) is 0 Å². The minimum atomic E-state index is -0.511. The molecule has 0 atom stereocenters. The summed E-state index contributed by atoms with van der Waals surface area (Å²) in [7, 11) is 1.55. The lowest BCUT2D eigenvalue weighted by Crippen LogP contribution is -2.37. The van der Waals surface area contributed by atoms with Crippen LogP contribution in [0.3, 0.4) is 0 Å². The van der Waals surface area contributed by atoms with Crippen molar-refractivity contribution < 1.29 is 18.7 Å². The largest absolute Gasteiger partial charge is 0.383 e. The second kappa shape index (κ2) is 10.5. The van der Waals surface area contributed by atoms with Crippen molar-refractivity contribution in [2.75, 3.05) is 32.1 Å². The van der Waals surface area contributed by atoms with Crippen molar-refractivity contribution in [3.63, 3.8) is 0 Å². The van der Waals surface area contributed by atoms with Gasteiger partial charge in [-0.2, -0.15) is 0 Å². The number of hydrogen-bond acceptors (Lipinski definition) is 5. The molecule has 1 aliphatic rings. The van der Waals surface area contributed by atoms with Gasteiger partial charge in [-0.25, -0.2) is 14.2 Å². The molecule has 172 valence electrons. The highest BCUT2D eigenvalue weighted by Gasteiger charge is 2.24. The van der Waals surface area contributed by atoms with Crippen LogP contribution in [-0.2, 0) is 24.2 Å². The predicted octanol–water partition coefficient (Wildman–Crippen LogP) is 4.16. The Kier molecular flexibility index (Phi) is 7.31. The fourth-order valence-corrected chi connectivity index (χ4v) is 4.47. The van der Waals surface area contributed by atoms with Crippen LogP contribution < -0.4 is 5.32 Å². The van der Waals surface area contributed by atoms with Gasteiger partial charge in [0.1, 0.15) is 16.5 Å². The monoisotopic (exact) mass is 468 g/mol. The van der Waals surface area contributed by atoms with Gasteiger partial charge in [-0.05, 0) is 29.7 Å². The molecule has 3 aromatic rings. The molecule has 0 spiro atoms. The van der Waals surface area contributed by atoms with E-state index in [4.69, 9.17) is 4.74 Å². The molecule has 9 heteroatoms. The number of urea groups is 1. The molecule has 7 nitrogen and oxygen atoms in total. The number of fused-ring (bicyclic) bond motifs is 1. The third kappa shape index (κ3) is 5.55. The van der Waals surface area contributed by atoms with Crippen molar-refractivity contribution in [1.82, 2.24) is 14.8 Å². The Balaban J connectivity index is 1.43. The third-order valence-corrected chi connectivity index (χ3v) is 6.32. The number of thiazole rings is 1. The number of ether oxygens (including phenoxy) is 1. The zero-order valence-electron chi connectivity index (χ0n) is 18.3. The number of aromatic nitrogens is 1. The lowest BCUT2D eigenvalue weighted by atomic mass is 10.00. The highest BCUT2D eigenvalue weighted by Crippen LogP contribution is 2.22. The van der Waals surface area contributed by atoms with Crippen molar-refractivity contribution in [1.29, 1.82) is 0 Å². The molecule has 2 aromatic carbocycles. The molecule has 0 radical (unpaired) electrons. The van der Waals surface area contributed by atoms with E-state index in [1.165, 1.54) is 33.9 Å². The lowest BCUT2D eigenvalue weighted by Gasteiger charge is -2.28. The first-order valence-electron chi connectivity index (χ1n) is 10.6. The Bertz CT molecular complexity index is 1140. The van der Waals surface area contributed by atoms with E-state index in [0.717, 1.165) is 12.0 Å². The van der Waals surface area contributed by atoms with Crippen molar-refractivity contribution in [3.05, 3.63) is 81.6 Å². The summed E-state index contributed by atoms with van der Waals surface area (Å²) in [6.45, 7) is 2.00. The number of nitrogens with one attached hydrogen (secondary N) is 1. The molecule has 33 heavy (non-hydrogen) atoms. The number of anilines is 1. The normalized spacial score (nSPS) is 12.8. The maximum atomic E-state index is 13.9. The SMILES string of the molecule is COCCN(Cc1nc(C(=O)N2CCc3ccccc3C2)cs1)C(=O)Nc1ccccc1F. The van der Waals surface area contributed by atoms with Crippen LogP contribution in [0.1, 0.15) is 26.6 Å². The predicted molar refractivity (Wildman–Crippen MR) is 125 cm³/mol. The van der Waals surface area contributed by atoms with Crippen LogP contribution in [0.2, 0.25) is 0 Å². The van der Waals surface area contributed by atoms with E-state index in [0.29, 0.717) is 36.9 Å². The zero-order chi connectivity index (χ0) is 23.2. The van der Waals surface area contributed by atoms with Crippen molar-refractivity contribution in [3.8, 4) is 0 Å². The Morgan fingerprint density at radius 2 is 1.94 bits per heavy atom. The molecule has 1 aromatic heterocycles. The van der Waals surface area contributed by atoms with E-state index >= 15 is 0 Å². The topological polar surface area (TPSA) is 74.8 Å². The molecule has 0 fully saturated rings. The van der Waals surface area contributed by atoms with Gasteiger partial charge >= 0.3 is 6.03 Å². The smallest absolute Gasteiger partial charge is 0.322 e. The zero-order valence-corrected chi connectivity index (χ0v) is 19.1. The molecular weight excluding hydrogens is 443 g/mol. The molecule has 3 amide bonds. The molecule has 0 saturated carbocycles. The number of methoxy groups -OCH3 is 1. The summed E-state index contributed by atoms with van der Waals surface area (Å²) in [6.07, 6.45) is 0.819. The minimum absolute atomic E-state index is 0.102. The molecule has 2 heterocycles. The number of amides is 3. The lowest BCUT2D eigenvalue weighted by molar-refractivity contribution is 0.0729. The van der Waals surface area contributed by atoms with Crippen LogP contribution in [0.5, 0.6) is 0 Å². The molecule has 0 saturated heterocycles. The molecule has 0 aliphatic carbocycles. The number of nitrogens with zero attached hydrogens (tertiary/aromatic N) is 3. The van der Waals surface area contributed by atoms with Gasteiger partial charge in [-0.3, -0.25) is 4.79 Å². The van der Waals surface area contributed by atoms with Crippen molar-refractivity contribution in [2.45, 2.75) is 19.5 Å². The molecule has 4 rings (SSSR count). The van der Waals surface area contributed by atoms with Gasteiger partial charge in [-0.1, -0.05) is 36.4 Å². The quantitative estimate of drug-likeness (QED) is 0.565. The van der Waals surface area contributed by atoms with Gasteiger partial charge in [0.2, 0.25) is 0 Å². The van der Waals surface area contributed by atoms with Crippen molar-refractivity contribution in [2.24, 2.45) is 0 Å². The molecule has 0 bridgehead atoms. The standard InChI is InChI=1S/C24H25FN4O3S/c1-32-13-12-29(24(31)27-20-9-5-4-8-19(20)25)15-22-26-21(16-33-22)23(30)28-11-10-17-6-2-3-7-18(17)14-28/h2-9,16H,10-15H2,1H3,(H,27,31). The highest BCUT2D eigenvalue weighted by atomic mass is 32.1. The van der Waals surface area contributed by atoms with Gasteiger partial charge in [0.15, 0.2) is 0 Å². The van der Waals surface area contributed by atoms with Gasteiger partial charge in [-0.15, -0.1) is 11.3 Å². The van der Waals surface area contributed by atoms with E-state index in [1.807, 2.05) is 18.2 Å². The number of carbonyl (C=O) groups excluding carboxylic acids is 2. The average Bonchev–Trinajstić information content (AvgIpc) is 3.31. The van der Waals surface area contributed by atoms with Crippen LogP contribution in [0.15, 0.2) is 53.9 Å². The maximum absolute atomic E-state index is 13.9. The Labute approximate surface area is 195 Å². The van der Waals surface area contributed by atoms with E-state index in [9.17, 15) is 14.0 Å². The summed E-state index contributed by atoms with van der Waals surface area (Å²) in [5, 5.41) is 4.93. The summed E-state index contributed by atoms with van der Waals surface area (Å²) in [5.41, 5.74) is 2.90. The van der Waals surface area contributed by atoms with Crippen LogP contribution >= 0.6 is 11.3 Å². The average molecular weight is 469 g/mol. The van der Waals surface area contributed by atoms with Gasteiger partial charge < -0.3 is 19.9 Å². The Hall–Kier alpha value is -3.30. The first kappa shape index (κ1) is 22.9. The second-order valence-electron chi connectivity index (χ2n) is 7.70. The number of benzene rings is 2. The molecular formula is C24H25FN4O3S. The van der Waals surface area contributed by atoms with Gasteiger partial charge in [0.25, 0.3) is 5.91 Å². The fraction of sp³-hybridized carbons (Fsp3) is 0.292. The number of para-hydroxylation sites is 1.